The molecular weight excluding hydrogens is 408 g/mol. The lowest BCUT2D eigenvalue weighted by molar-refractivity contribution is 0.0300. The molecule has 1 N–H and O–H groups in total. The van der Waals surface area contributed by atoms with Crippen molar-refractivity contribution in [1.29, 1.82) is 0 Å². The van der Waals surface area contributed by atoms with Crippen molar-refractivity contribution in [3.63, 3.8) is 0 Å². The Morgan fingerprint density at radius 1 is 1.32 bits per heavy atom. The molecule has 0 aliphatic carbocycles. The minimum atomic E-state index is -0.183. The van der Waals surface area contributed by atoms with Gasteiger partial charge in [0.2, 0.25) is 0 Å². The third-order valence-corrected chi connectivity index (χ3v) is 7.32. The van der Waals surface area contributed by atoms with Gasteiger partial charge < -0.3 is 10.1 Å². The molecule has 0 saturated carbocycles. The Labute approximate surface area is 190 Å². The first-order valence-electron chi connectivity index (χ1n) is 11.1. The zero-order valence-corrected chi connectivity index (χ0v) is 19.8. The molecule has 2 aromatic rings. The summed E-state index contributed by atoms with van der Waals surface area (Å²) < 4.78 is 5.45. The third-order valence-electron chi connectivity index (χ3n) is 6.60. The van der Waals surface area contributed by atoms with Gasteiger partial charge in [-0.3, -0.25) is 14.7 Å². The summed E-state index contributed by atoms with van der Waals surface area (Å²) in [5.41, 5.74) is 1.52. The third kappa shape index (κ3) is 4.94. The van der Waals surface area contributed by atoms with Crippen molar-refractivity contribution >= 4 is 17.7 Å². The summed E-state index contributed by atoms with van der Waals surface area (Å²) in [6, 6.07) is 8.04. The monoisotopic (exact) mass is 442 g/mol. The van der Waals surface area contributed by atoms with Gasteiger partial charge in [-0.05, 0) is 61.8 Å². The Kier molecular flexibility index (Phi) is 8.46. The van der Waals surface area contributed by atoms with Crippen molar-refractivity contribution in [2.45, 2.75) is 62.2 Å². The average molecular weight is 443 g/mol. The molecule has 1 aliphatic heterocycles. The summed E-state index contributed by atoms with van der Waals surface area (Å²) in [7, 11) is 1.75. The molecule has 2 aromatic heterocycles. The van der Waals surface area contributed by atoms with E-state index in [0.717, 1.165) is 42.8 Å². The minimum Gasteiger partial charge on any atom is -0.383 e. The summed E-state index contributed by atoms with van der Waals surface area (Å²) in [6.07, 6.45) is 11.5. The standard InChI is InChI=1S/C24H34N4O2S/c1-5-19-9-12-24(6-2,28(19)16-17-30-3)21(18-10-14-25-15-11-18)27-22(29)20-8-7-13-26-23(20)31-4/h7-8,10-11,13-15,19,21H,5-6,9,12,16-17H2,1-4H3,(H,27,29). The summed E-state index contributed by atoms with van der Waals surface area (Å²) in [4.78, 5) is 24.6. The molecule has 1 fully saturated rings. The molecular formula is C24H34N4O2S. The molecule has 6 nitrogen and oxygen atoms in total. The number of pyridine rings is 2. The molecule has 1 saturated heterocycles. The SMILES string of the molecule is CCC1CCC(CC)(C(NC(=O)c2cccnc2SC)c2ccncc2)N1CCOC. The highest BCUT2D eigenvalue weighted by Gasteiger charge is 2.50. The summed E-state index contributed by atoms with van der Waals surface area (Å²) in [6.45, 7) is 6.00. The number of methoxy groups -OCH3 is 1. The quantitative estimate of drug-likeness (QED) is 0.552. The highest BCUT2D eigenvalue weighted by molar-refractivity contribution is 7.98. The fourth-order valence-electron chi connectivity index (χ4n) is 5.01. The maximum Gasteiger partial charge on any atom is 0.254 e. The van der Waals surface area contributed by atoms with E-state index >= 15 is 0 Å². The highest BCUT2D eigenvalue weighted by atomic mass is 32.2. The minimum absolute atomic E-state index is 0.0845. The predicted molar refractivity (Wildman–Crippen MR) is 125 cm³/mol. The molecule has 31 heavy (non-hydrogen) atoms. The Balaban J connectivity index is 2.02. The number of rotatable bonds is 10. The van der Waals surface area contributed by atoms with E-state index in [1.165, 1.54) is 11.8 Å². The normalized spacial score (nSPS) is 22.4. The van der Waals surface area contributed by atoms with Crippen LogP contribution in [-0.4, -0.2) is 58.9 Å². The van der Waals surface area contributed by atoms with Gasteiger partial charge in [-0.1, -0.05) is 13.8 Å². The van der Waals surface area contributed by atoms with E-state index < -0.39 is 0 Å². The second kappa shape index (κ2) is 11.1. The number of carbonyl (C=O) groups is 1. The van der Waals surface area contributed by atoms with E-state index in [1.807, 2.05) is 30.5 Å². The van der Waals surface area contributed by atoms with E-state index in [-0.39, 0.29) is 17.5 Å². The van der Waals surface area contributed by atoms with Crippen molar-refractivity contribution in [2.24, 2.45) is 0 Å². The Morgan fingerprint density at radius 3 is 2.74 bits per heavy atom. The molecule has 168 valence electrons. The molecule has 0 spiro atoms. The van der Waals surface area contributed by atoms with E-state index in [1.54, 1.807) is 25.7 Å². The molecule has 3 unspecified atom stereocenters. The Bertz CT molecular complexity index is 850. The van der Waals surface area contributed by atoms with E-state index in [4.69, 9.17) is 4.74 Å². The number of thioether (sulfide) groups is 1. The number of carbonyl (C=O) groups excluding carboxylic acids is 1. The van der Waals surface area contributed by atoms with Gasteiger partial charge in [-0.15, -0.1) is 11.8 Å². The van der Waals surface area contributed by atoms with Gasteiger partial charge in [-0.2, -0.15) is 0 Å². The topological polar surface area (TPSA) is 67.4 Å². The molecule has 1 amide bonds. The Hall–Kier alpha value is -1.96. The first kappa shape index (κ1) is 23.7. The lowest BCUT2D eigenvalue weighted by Crippen LogP contribution is -2.56. The zero-order chi connectivity index (χ0) is 22.3. The van der Waals surface area contributed by atoms with Gasteiger partial charge in [0.1, 0.15) is 5.03 Å². The summed E-state index contributed by atoms with van der Waals surface area (Å²) in [5, 5.41) is 4.15. The van der Waals surface area contributed by atoms with Crippen molar-refractivity contribution in [1.82, 2.24) is 20.2 Å². The van der Waals surface area contributed by atoms with Crippen molar-refractivity contribution < 1.29 is 9.53 Å². The van der Waals surface area contributed by atoms with Gasteiger partial charge in [0.25, 0.3) is 5.91 Å². The lowest BCUT2D eigenvalue weighted by Gasteiger charge is -2.46. The van der Waals surface area contributed by atoms with Crippen molar-refractivity contribution in [3.8, 4) is 0 Å². The number of hydrogen-bond acceptors (Lipinski definition) is 6. The number of nitrogens with zero attached hydrogens (tertiary/aromatic N) is 3. The van der Waals surface area contributed by atoms with Gasteiger partial charge in [-0.25, -0.2) is 4.98 Å². The van der Waals surface area contributed by atoms with Crippen LogP contribution in [0.25, 0.3) is 0 Å². The number of likely N-dealkylation sites (tertiary alicyclic amines) is 1. The predicted octanol–water partition coefficient (Wildman–Crippen LogP) is 4.34. The van der Waals surface area contributed by atoms with Crippen LogP contribution in [0.5, 0.6) is 0 Å². The largest absolute Gasteiger partial charge is 0.383 e. The molecule has 0 bridgehead atoms. The zero-order valence-electron chi connectivity index (χ0n) is 19.0. The van der Waals surface area contributed by atoms with Crippen LogP contribution in [0, 0.1) is 0 Å². The molecule has 0 radical (unpaired) electrons. The van der Waals surface area contributed by atoms with Crippen LogP contribution < -0.4 is 5.32 Å². The summed E-state index contributed by atoms with van der Waals surface area (Å²) >= 11 is 1.49. The highest BCUT2D eigenvalue weighted by Crippen LogP contribution is 2.46. The fraction of sp³-hybridized carbons (Fsp3) is 0.542. The lowest BCUT2D eigenvalue weighted by atomic mass is 9.80. The molecule has 3 heterocycles. The van der Waals surface area contributed by atoms with E-state index in [0.29, 0.717) is 18.2 Å². The number of nitrogens with one attached hydrogen (secondary N) is 1. The van der Waals surface area contributed by atoms with Crippen molar-refractivity contribution in [2.75, 3.05) is 26.5 Å². The van der Waals surface area contributed by atoms with Crippen LogP contribution in [0.3, 0.4) is 0 Å². The fourth-order valence-corrected chi connectivity index (χ4v) is 5.56. The van der Waals surface area contributed by atoms with E-state index in [9.17, 15) is 4.79 Å². The molecule has 7 heteroatoms. The number of aromatic nitrogens is 2. The second-order valence-corrected chi connectivity index (χ2v) is 8.79. The van der Waals surface area contributed by atoms with Crippen LogP contribution >= 0.6 is 11.8 Å². The molecule has 3 rings (SSSR count). The van der Waals surface area contributed by atoms with Gasteiger partial charge in [0.15, 0.2) is 0 Å². The summed E-state index contributed by atoms with van der Waals surface area (Å²) in [5.74, 6) is -0.0845. The molecule has 1 aliphatic rings. The van der Waals surface area contributed by atoms with E-state index in [2.05, 4.69) is 34.0 Å². The second-order valence-electron chi connectivity index (χ2n) is 7.99. The van der Waals surface area contributed by atoms with Crippen LogP contribution in [0.2, 0.25) is 0 Å². The average Bonchev–Trinajstić information content (AvgIpc) is 3.19. The van der Waals surface area contributed by atoms with Gasteiger partial charge in [0, 0.05) is 43.8 Å². The van der Waals surface area contributed by atoms with Crippen LogP contribution in [0.15, 0.2) is 47.9 Å². The Morgan fingerprint density at radius 2 is 2.10 bits per heavy atom. The number of ether oxygens (including phenoxy) is 1. The number of hydrogen-bond donors (Lipinski definition) is 1. The molecule has 3 atom stereocenters. The first-order valence-corrected chi connectivity index (χ1v) is 12.3. The van der Waals surface area contributed by atoms with Crippen LogP contribution in [0.4, 0.5) is 0 Å². The van der Waals surface area contributed by atoms with Crippen molar-refractivity contribution in [3.05, 3.63) is 54.0 Å². The smallest absolute Gasteiger partial charge is 0.254 e. The number of amides is 1. The maximum atomic E-state index is 13.5. The maximum absolute atomic E-state index is 13.5. The van der Waals surface area contributed by atoms with Gasteiger partial charge in [0.05, 0.1) is 18.2 Å². The van der Waals surface area contributed by atoms with Crippen LogP contribution in [-0.2, 0) is 4.74 Å². The first-order chi connectivity index (χ1) is 15.1. The van der Waals surface area contributed by atoms with Crippen LogP contribution in [0.1, 0.15) is 61.5 Å². The molecule has 0 aromatic carbocycles. The van der Waals surface area contributed by atoms with Gasteiger partial charge >= 0.3 is 0 Å².